The molecule has 3 aliphatic rings. The minimum Gasteiger partial charge on any atom is -0.497 e. The molecule has 0 bridgehead atoms. The number of nitrogens with zero attached hydrogens (tertiary/aromatic N) is 2. The number of hydrogen-bond acceptors (Lipinski definition) is 9. The Hall–Kier alpha value is -4.18. The van der Waals surface area contributed by atoms with Crippen LogP contribution in [0.15, 0.2) is 36.4 Å². The second-order valence-electron chi connectivity index (χ2n) is 12.2. The van der Waals surface area contributed by atoms with Crippen molar-refractivity contribution in [2.75, 3.05) is 48.6 Å². The number of esters is 2. The van der Waals surface area contributed by atoms with E-state index in [4.69, 9.17) is 28.4 Å². The van der Waals surface area contributed by atoms with Crippen molar-refractivity contribution >= 4 is 28.9 Å². The van der Waals surface area contributed by atoms with Crippen LogP contribution in [0.3, 0.4) is 0 Å². The number of carbonyl (C=O) groups is 2. The number of methoxy groups -OCH3 is 5. The SMILES string of the molecule is COC(=O)[C@@H]1C[C@H](OC(=O)/C=C/c2cc(OC)c(OC)c(OC)c2)C[C@@H]2CN3CCc4c(n(C)c5cc(OC)ccc45)[C@H]3C[C@@H]21. The van der Waals surface area contributed by atoms with Gasteiger partial charge in [-0.15, -0.1) is 0 Å². The minimum absolute atomic E-state index is 0.141. The van der Waals surface area contributed by atoms with E-state index in [-0.39, 0.29) is 35.9 Å². The largest absolute Gasteiger partial charge is 0.497 e. The Labute approximate surface area is 263 Å². The van der Waals surface area contributed by atoms with Crippen LogP contribution in [0.1, 0.15) is 42.1 Å². The molecule has 0 N–H and O–H groups in total. The number of rotatable bonds is 8. The summed E-state index contributed by atoms with van der Waals surface area (Å²) < 4.78 is 35.3. The van der Waals surface area contributed by atoms with E-state index in [0.29, 0.717) is 35.7 Å². The molecular formula is C35H42N2O8. The van der Waals surface area contributed by atoms with Crippen molar-refractivity contribution in [3.05, 3.63) is 53.2 Å². The normalized spacial score (nSPS) is 24.4. The highest BCUT2D eigenvalue weighted by Gasteiger charge is 2.49. The molecule has 6 rings (SSSR count). The monoisotopic (exact) mass is 618 g/mol. The van der Waals surface area contributed by atoms with Crippen molar-refractivity contribution < 1.29 is 38.0 Å². The maximum Gasteiger partial charge on any atom is 0.331 e. The fraction of sp³-hybridized carbons (Fsp3) is 0.486. The Kier molecular flexibility index (Phi) is 8.68. The molecule has 10 nitrogen and oxygen atoms in total. The summed E-state index contributed by atoms with van der Waals surface area (Å²) in [4.78, 5) is 28.8. The molecule has 2 aromatic carbocycles. The fourth-order valence-electron chi connectivity index (χ4n) is 8.00. The number of aromatic nitrogens is 1. The highest BCUT2D eigenvalue weighted by atomic mass is 16.5. The lowest BCUT2D eigenvalue weighted by atomic mass is 9.65. The van der Waals surface area contributed by atoms with Crippen molar-refractivity contribution in [1.29, 1.82) is 0 Å². The summed E-state index contributed by atoms with van der Waals surface area (Å²) in [6.45, 7) is 1.80. The highest BCUT2D eigenvalue weighted by Crippen LogP contribution is 2.50. The van der Waals surface area contributed by atoms with Crippen molar-refractivity contribution in [3.63, 3.8) is 0 Å². The van der Waals surface area contributed by atoms with Gasteiger partial charge in [0, 0.05) is 43.4 Å². The first-order chi connectivity index (χ1) is 21.8. The zero-order valence-corrected chi connectivity index (χ0v) is 26.8. The van der Waals surface area contributed by atoms with E-state index in [1.54, 1.807) is 46.6 Å². The van der Waals surface area contributed by atoms with Gasteiger partial charge in [-0.25, -0.2) is 4.79 Å². The van der Waals surface area contributed by atoms with Crippen LogP contribution in [0.2, 0.25) is 0 Å². The Balaban J connectivity index is 1.20. The summed E-state index contributed by atoms with van der Waals surface area (Å²) in [5, 5.41) is 1.27. The number of carbonyl (C=O) groups excluding carboxylic acids is 2. The third-order valence-electron chi connectivity index (χ3n) is 10.0. The van der Waals surface area contributed by atoms with Crippen molar-refractivity contribution in [3.8, 4) is 23.0 Å². The van der Waals surface area contributed by atoms with E-state index in [1.807, 2.05) is 6.07 Å². The van der Waals surface area contributed by atoms with Gasteiger partial charge in [-0.2, -0.15) is 0 Å². The van der Waals surface area contributed by atoms with Crippen molar-refractivity contribution in [1.82, 2.24) is 9.47 Å². The molecule has 3 aromatic rings. The zero-order chi connectivity index (χ0) is 31.8. The number of aryl methyl sites for hydroxylation is 1. The summed E-state index contributed by atoms with van der Waals surface area (Å²) >= 11 is 0. The lowest BCUT2D eigenvalue weighted by Gasteiger charge is -2.51. The number of piperidine rings is 1. The lowest BCUT2D eigenvalue weighted by Crippen LogP contribution is -2.52. The van der Waals surface area contributed by atoms with Crippen LogP contribution in [0, 0.1) is 17.8 Å². The van der Waals surface area contributed by atoms with Gasteiger partial charge in [0.1, 0.15) is 11.9 Å². The molecule has 0 spiro atoms. The van der Waals surface area contributed by atoms with Crippen LogP contribution in [0.4, 0.5) is 0 Å². The van der Waals surface area contributed by atoms with Gasteiger partial charge in [0.05, 0.1) is 53.0 Å². The van der Waals surface area contributed by atoms with Crippen LogP contribution in [0.5, 0.6) is 23.0 Å². The molecule has 1 aliphatic carbocycles. The molecule has 1 saturated carbocycles. The third-order valence-corrected chi connectivity index (χ3v) is 10.0. The van der Waals surface area contributed by atoms with Gasteiger partial charge in [-0.3, -0.25) is 9.69 Å². The second kappa shape index (κ2) is 12.7. The van der Waals surface area contributed by atoms with Crippen LogP contribution >= 0.6 is 0 Å². The van der Waals surface area contributed by atoms with E-state index in [2.05, 4.69) is 28.6 Å². The molecule has 5 atom stereocenters. The highest BCUT2D eigenvalue weighted by molar-refractivity contribution is 5.88. The van der Waals surface area contributed by atoms with E-state index in [0.717, 1.165) is 31.7 Å². The summed E-state index contributed by atoms with van der Waals surface area (Å²) in [6, 6.07) is 10.0. The van der Waals surface area contributed by atoms with Crippen LogP contribution < -0.4 is 18.9 Å². The summed E-state index contributed by atoms with van der Waals surface area (Å²) in [6.07, 6.45) is 5.67. The van der Waals surface area contributed by atoms with Gasteiger partial charge in [0.25, 0.3) is 0 Å². The predicted molar refractivity (Wildman–Crippen MR) is 169 cm³/mol. The van der Waals surface area contributed by atoms with E-state index >= 15 is 0 Å². The second-order valence-corrected chi connectivity index (χ2v) is 12.2. The molecule has 0 radical (unpaired) electrons. The molecule has 1 aromatic heterocycles. The topological polar surface area (TPSA) is 97.7 Å². The Morgan fingerprint density at radius 3 is 2.33 bits per heavy atom. The Morgan fingerprint density at radius 2 is 1.67 bits per heavy atom. The number of fused-ring (bicyclic) bond motifs is 6. The Morgan fingerprint density at radius 1 is 0.911 bits per heavy atom. The molecule has 240 valence electrons. The molecule has 2 fully saturated rings. The number of ether oxygens (including phenoxy) is 6. The zero-order valence-electron chi connectivity index (χ0n) is 26.8. The van der Waals surface area contributed by atoms with Crippen LogP contribution in [-0.2, 0) is 32.5 Å². The molecule has 0 amide bonds. The first kappa shape index (κ1) is 30.8. The van der Waals surface area contributed by atoms with Crippen molar-refractivity contribution in [2.45, 2.75) is 37.8 Å². The predicted octanol–water partition coefficient (Wildman–Crippen LogP) is 4.96. The van der Waals surface area contributed by atoms with Crippen LogP contribution in [-0.4, -0.2) is 76.1 Å². The maximum atomic E-state index is 13.2. The molecule has 10 heteroatoms. The molecule has 2 aliphatic heterocycles. The molecule has 45 heavy (non-hydrogen) atoms. The third kappa shape index (κ3) is 5.60. The molecule has 3 heterocycles. The van der Waals surface area contributed by atoms with Gasteiger partial charge in [0.15, 0.2) is 11.5 Å². The Bertz CT molecular complexity index is 1600. The maximum absolute atomic E-state index is 13.2. The van der Waals surface area contributed by atoms with Gasteiger partial charge < -0.3 is 33.0 Å². The molecular weight excluding hydrogens is 576 g/mol. The summed E-state index contributed by atoms with van der Waals surface area (Å²) in [5.74, 6) is 1.63. The van der Waals surface area contributed by atoms with Gasteiger partial charge >= 0.3 is 11.9 Å². The molecule has 0 unspecified atom stereocenters. The summed E-state index contributed by atoms with van der Waals surface area (Å²) in [5.41, 5.74) is 4.60. The summed E-state index contributed by atoms with van der Waals surface area (Å²) in [7, 11) is 9.90. The smallest absolute Gasteiger partial charge is 0.331 e. The standard InChI is InChI=1S/C35H42N2O8/c1-36-28-17-22(40-2)8-9-24(28)25-11-12-37-19-21-15-23(16-27(35(39)44-6)26(21)18-29(37)33(25)36)45-32(38)10-7-20-13-30(41-3)34(43-5)31(14-20)42-4/h7-10,13-14,17,21,23,26-27,29H,11-12,15-16,18-19H2,1-6H3/b10-7+/t21-,23-,26+,27-,29-/m1/s1. The van der Waals surface area contributed by atoms with Crippen LogP contribution in [0.25, 0.3) is 17.0 Å². The van der Waals surface area contributed by atoms with Gasteiger partial charge in [0.2, 0.25) is 5.75 Å². The lowest BCUT2D eigenvalue weighted by molar-refractivity contribution is -0.163. The fourth-order valence-corrected chi connectivity index (χ4v) is 8.00. The quantitative estimate of drug-likeness (QED) is 0.256. The molecule has 1 saturated heterocycles. The average Bonchev–Trinajstić information content (AvgIpc) is 3.35. The first-order valence-electron chi connectivity index (χ1n) is 15.5. The van der Waals surface area contributed by atoms with E-state index in [1.165, 1.54) is 35.3 Å². The van der Waals surface area contributed by atoms with Gasteiger partial charge in [-0.1, -0.05) is 0 Å². The van der Waals surface area contributed by atoms with E-state index in [9.17, 15) is 9.59 Å². The minimum atomic E-state index is -0.460. The number of benzene rings is 2. The van der Waals surface area contributed by atoms with E-state index < -0.39 is 5.97 Å². The average molecular weight is 619 g/mol. The number of hydrogen-bond donors (Lipinski definition) is 0. The first-order valence-corrected chi connectivity index (χ1v) is 15.5. The van der Waals surface area contributed by atoms with Crippen molar-refractivity contribution in [2.24, 2.45) is 24.8 Å². The van der Waals surface area contributed by atoms with Gasteiger partial charge in [-0.05, 0) is 79.0 Å².